The van der Waals surface area contributed by atoms with Crippen LogP contribution in [-0.4, -0.2) is 36.5 Å². The molecule has 1 fully saturated rings. The number of halogens is 1. The number of carbonyl (C=O) groups is 1. The van der Waals surface area contributed by atoms with Gasteiger partial charge >= 0.3 is 0 Å². The molecule has 1 aliphatic heterocycles. The molecule has 2 rings (SSSR count). The van der Waals surface area contributed by atoms with Gasteiger partial charge in [0.2, 0.25) is 0 Å². The minimum absolute atomic E-state index is 0.101. The van der Waals surface area contributed by atoms with Crippen LogP contribution < -0.4 is 5.32 Å². The van der Waals surface area contributed by atoms with Gasteiger partial charge in [0, 0.05) is 12.6 Å². The molecule has 2 heterocycles. The fourth-order valence-electron chi connectivity index (χ4n) is 2.39. The van der Waals surface area contributed by atoms with Gasteiger partial charge in [-0.3, -0.25) is 4.79 Å². The summed E-state index contributed by atoms with van der Waals surface area (Å²) < 4.78 is 0. The SMILES string of the molecule is CCCN(C(=O)c1sccc1Cl)C1CCNCC1. The zero-order valence-electron chi connectivity index (χ0n) is 10.6. The summed E-state index contributed by atoms with van der Waals surface area (Å²) in [6.07, 6.45) is 3.06. The summed E-state index contributed by atoms with van der Waals surface area (Å²) >= 11 is 7.51. The molecule has 1 saturated heterocycles. The highest BCUT2D eigenvalue weighted by Gasteiger charge is 2.27. The highest BCUT2D eigenvalue weighted by Crippen LogP contribution is 2.26. The molecule has 100 valence electrons. The molecule has 1 aromatic rings. The lowest BCUT2D eigenvalue weighted by Crippen LogP contribution is -2.46. The van der Waals surface area contributed by atoms with Gasteiger partial charge < -0.3 is 10.2 Å². The third-order valence-electron chi connectivity index (χ3n) is 3.29. The quantitative estimate of drug-likeness (QED) is 0.923. The Morgan fingerprint density at radius 3 is 2.83 bits per heavy atom. The second kappa shape index (κ2) is 6.55. The number of hydrogen-bond donors (Lipinski definition) is 1. The maximum Gasteiger partial charge on any atom is 0.265 e. The van der Waals surface area contributed by atoms with Crippen molar-refractivity contribution < 1.29 is 4.79 Å². The second-order valence-electron chi connectivity index (χ2n) is 4.58. The molecule has 0 radical (unpaired) electrons. The lowest BCUT2D eigenvalue weighted by atomic mass is 10.0. The highest BCUT2D eigenvalue weighted by atomic mass is 35.5. The average Bonchev–Trinajstić information content (AvgIpc) is 2.82. The minimum atomic E-state index is 0.101. The van der Waals surface area contributed by atoms with Crippen LogP contribution in [0.5, 0.6) is 0 Å². The molecule has 0 aliphatic carbocycles. The molecule has 1 N–H and O–H groups in total. The van der Waals surface area contributed by atoms with Crippen molar-refractivity contribution in [3.05, 3.63) is 21.3 Å². The Labute approximate surface area is 117 Å². The van der Waals surface area contributed by atoms with Gasteiger partial charge in [0.1, 0.15) is 4.88 Å². The van der Waals surface area contributed by atoms with Crippen LogP contribution >= 0.6 is 22.9 Å². The number of rotatable bonds is 4. The zero-order chi connectivity index (χ0) is 13.0. The van der Waals surface area contributed by atoms with Gasteiger partial charge in [-0.15, -0.1) is 11.3 Å². The van der Waals surface area contributed by atoms with Crippen LogP contribution in [0.15, 0.2) is 11.4 Å². The summed E-state index contributed by atoms with van der Waals surface area (Å²) in [5.41, 5.74) is 0. The van der Waals surface area contributed by atoms with Crippen LogP contribution in [-0.2, 0) is 0 Å². The van der Waals surface area contributed by atoms with E-state index in [1.165, 1.54) is 11.3 Å². The van der Waals surface area contributed by atoms with E-state index in [0.29, 0.717) is 15.9 Å². The van der Waals surface area contributed by atoms with Gasteiger partial charge in [0.05, 0.1) is 5.02 Å². The van der Waals surface area contributed by atoms with Gasteiger partial charge in [-0.1, -0.05) is 18.5 Å². The van der Waals surface area contributed by atoms with E-state index in [1.807, 2.05) is 10.3 Å². The summed E-state index contributed by atoms with van der Waals surface area (Å²) in [6.45, 7) is 4.92. The fraction of sp³-hybridized carbons (Fsp3) is 0.615. The van der Waals surface area contributed by atoms with Crippen molar-refractivity contribution in [3.63, 3.8) is 0 Å². The zero-order valence-corrected chi connectivity index (χ0v) is 12.2. The summed E-state index contributed by atoms with van der Waals surface area (Å²) in [5, 5.41) is 5.80. The van der Waals surface area contributed by atoms with Gasteiger partial charge in [0.15, 0.2) is 0 Å². The first kappa shape index (κ1) is 13.8. The summed E-state index contributed by atoms with van der Waals surface area (Å²) in [7, 11) is 0. The lowest BCUT2D eigenvalue weighted by molar-refractivity contribution is 0.0648. The van der Waals surface area contributed by atoms with Crippen molar-refractivity contribution in [2.45, 2.75) is 32.2 Å². The third kappa shape index (κ3) is 3.05. The minimum Gasteiger partial charge on any atom is -0.335 e. The molecule has 0 atom stereocenters. The molecule has 0 bridgehead atoms. The van der Waals surface area contributed by atoms with Crippen molar-refractivity contribution in [1.82, 2.24) is 10.2 Å². The number of carbonyl (C=O) groups excluding carboxylic acids is 1. The number of hydrogen-bond acceptors (Lipinski definition) is 3. The van der Waals surface area contributed by atoms with Gasteiger partial charge in [-0.2, -0.15) is 0 Å². The predicted molar refractivity (Wildman–Crippen MR) is 76.5 cm³/mol. The Bertz CT molecular complexity index is 401. The fourth-order valence-corrected chi connectivity index (χ4v) is 3.48. The Kier molecular flexibility index (Phi) is 5.03. The molecule has 0 saturated carbocycles. The smallest absolute Gasteiger partial charge is 0.265 e. The third-order valence-corrected chi connectivity index (χ3v) is 4.62. The van der Waals surface area contributed by atoms with Crippen LogP contribution in [0.4, 0.5) is 0 Å². The topological polar surface area (TPSA) is 32.3 Å². The standard InChI is InChI=1S/C13H19ClN2OS/c1-2-8-16(10-3-6-15-7-4-10)13(17)12-11(14)5-9-18-12/h5,9-10,15H,2-4,6-8H2,1H3. The van der Waals surface area contributed by atoms with E-state index >= 15 is 0 Å². The summed E-state index contributed by atoms with van der Waals surface area (Å²) in [6, 6.07) is 2.16. The van der Waals surface area contributed by atoms with E-state index in [2.05, 4.69) is 12.2 Å². The number of amides is 1. The molecule has 0 spiro atoms. The van der Waals surface area contributed by atoms with Crippen LogP contribution in [0.3, 0.4) is 0 Å². The van der Waals surface area contributed by atoms with Crippen LogP contribution in [0.25, 0.3) is 0 Å². The molecule has 1 aromatic heterocycles. The maximum absolute atomic E-state index is 12.5. The van der Waals surface area contributed by atoms with E-state index in [0.717, 1.165) is 38.9 Å². The van der Waals surface area contributed by atoms with Crippen molar-refractivity contribution >= 4 is 28.8 Å². The van der Waals surface area contributed by atoms with E-state index in [9.17, 15) is 4.79 Å². The molecule has 3 nitrogen and oxygen atoms in total. The Balaban J connectivity index is 2.13. The molecule has 0 aromatic carbocycles. The maximum atomic E-state index is 12.5. The largest absolute Gasteiger partial charge is 0.335 e. The van der Waals surface area contributed by atoms with Gasteiger partial charge in [0.25, 0.3) is 5.91 Å². The molecule has 1 amide bonds. The Morgan fingerprint density at radius 2 is 2.28 bits per heavy atom. The number of thiophene rings is 1. The average molecular weight is 287 g/mol. The first-order chi connectivity index (χ1) is 8.74. The Hall–Kier alpha value is -0.580. The number of nitrogens with zero attached hydrogens (tertiary/aromatic N) is 1. The molecule has 5 heteroatoms. The highest BCUT2D eigenvalue weighted by molar-refractivity contribution is 7.12. The first-order valence-corrected chi connectivity index (χ1v) is 7.74. The normalized spacial score (nSPS) is 16.8. The van der Waals surface area contributed by atoms with Gasteiger partial charge in [-0.25, -0.2) is 0 Å². The van der Waals surface area contributed by atoms with Crippen molar-refractivity contribution in [2.24, 2.45) is 0 Å². The Morgan fingerprint density at radius 1 is 1.56 bits per heavy atom. The van der Waals surface area contributed by atoms with E-state index in [1.54, 1.807) is 6.07 Å². The van der Waals surface area contributed by atoms with E-state index in [4.69, 9.17) is 11.6 Å². The van der Waals surface area contributed by atoms with Crippen LogP contribution in [0.2, 0.25) is 5.02 Å². The molecule has 18 heavy (non-hydrogen) atoms. The summed E-state index contributed by atoms with van der Waals surface area (Å²) in [4.78, 5) is 15.2. The lowest BCUT2D eigenvalue weighted by Gasteiger charge is -2.34. The molecule has 0 unspecified atom stereocenters. The van der Waals surface area contributed by atoms with Crippen molar-refractivity contribution in [2.75, 3.05) is 19.6 Å². The second-order valence-corrected chi connectivity index (χ2v) is 5.90. The molecule has 1 aliphatic rings. The molecular formula is C13H19ClN2OS. The van der Waals surface area contributed by atoms with Crippen LogP contribution in [0, 0.1) is 0 Å². The first-order valence-electron chi connectivity index (χ1n) is 6.48. The predicted octanol–water partition coefficient (Wildman–Crippen LogP) is 3.01. The van der Waals surface area contributed by atoms with Crippen molar-refractivity contribution in [3.8, 4) is 0 Å². The monoisotopic (exact) mass is 286 g/mol. The summed E-state index contributed by atoms with van der Waals surface area (Å²) in [5.74, 6) is 0.101. The van der Waals surface area contributed by atoms with E-state index in [-0.39, 0.29) is 5.91 Å². The van der Waals surface area contributed by atoms with Crippen molar-refractivity contribution in [1.29, 1.82) is 0 Å². The number of nitrogens with one attached hydrogen (secondary N) is 1. The molecular weight excluding hydrogens is 268 g/mol. The van der Waals surface area contributed by atoms with Gasteiger partial charge in [-0.05, 0) is 43.8 Å². The van der Waals surface area contributed by atoms with E-state index < -0.39 is 0 Å². The number of piperidine rings is 1. The van der Waals surface area contributed by atoms with Crippen LogP contribution in [0.1, 0.15) is 35.9 Å².